The number of hydrogen-bond donors (Lipinski definition) is 2. The monoisotopic (exact) mass is 418 g/mol. The Kier molecular flexibility index (Phi) is 5.50. The molecule has 31 heavy (non-hydrogen) atoms. The number of imidazole rings is 1. The zero-order chi connectivity index (χ0) is 22.0. The third-order valence-corrected chi connectivity index (χ3v) is 5.81. The van der Waals surface area contributed by atoms with Crippen LogP contribution in [0.15, 0.2) is 66.9 Å². The van der Waals surface area contributed by atoms with Crippen LogP contribution in [0.5, 0.6) is 5.75 Å². The van der Waals surface area contributed by atoms with E-state index in [0.717, 1.165) is 24.2 Å². The summed E-state index contributed by atoms with van der Waals surface area (Å²) in [5, 5.41) is 2.77. The van der Waals surface area contributed by atoms with Crippen molar-refractivity contribution in [2.45, 2.75) is 31.2 Å². The number of rotatable bonds is 6. The largest absolute Gasteiger partial charge is 0.489 e. The number of amides is 2. The van der Waals surface area contributed by atoms with Gasteiger partial charge in [0.05, 0.1) is 17.3 Å². The van der Waals surface area contributed by atoms with Crippen LogP contribution < -0.4 is 15.0 Å². The smallest absolute Gasteiger partial charge is 0.270 e. The van der Waals surface area contributed by atoms with Crippen molar-refractivity contribution < 1.29 is 14.3 Å². The Morgan fingerprint density at radius 2 is 2.13 bits per heavy atom. The van der Waals surface area contributed by atoms with Crippen LogP contribution in [-0.4, -0.2) is 41.5 Å². The minimum atomic E-state index is -0.801. The van der Waals surface area contributed by atoms with Crippen LogP contribution >= 0.6 is 0 Å². The van der Waals surface area contributed by atoms with E-state index in [1.807, 2.05) is 49.4 Å². The Bertz CT molecular complexity index is 1080. The van der Waals surface area contributed by atoms with Crippen LogP contribution in [0, 0.1) is 0 Å². The van der Waals surface area contributed by atoms with Gasteiger partial charge in [0.25, 0.3) is 11.8 Å². The Morgan fingerprint density at radius 3 is 2.87 bits per heavy atom. The number of hydrogen-bond acceptors (Lipinski definition) is 4. The third kappa shape index (κ3) is 3.91. The summed E-state index contributed by atoms with van der Waals surface area (Å²) in [4.78, 5) is 34.8. The van der Waals surface area contributed by atoms with Gasteiger partial charge in [-0.2, -0.15) is 0 Å². The van der Waals surface area contributed by atoms with Gasteiger partial charge in [-0.1, -0.05) is 43.0 Å². The van der Waals surface area contributed by atoms with E-state index in [1.165, 1.54) is 11.1 Å². The van der Waals surface area contributed by atoms with Gasteiger partial charge in [0.2, 0.25) is 0 Å². The van der Waals surface area contributed by atoms with Crippen LogP contribution in [-0.2, 0) is 10.2 Å². The van der Waals surface area contributed by atoms with Crippen LogP contribution in [0.1, 0.15) is 36.1 Å². The summed E-state index contributed by atoms with van der Waals surface area (Å²) in [5.74, 6) is 0.699. The quantitative estimate of drug-likeness (QED) is 0.705. The van der Waals surface area contributed by atoms with E-state index >= 15 is 0 Å². The van der Waals surface area contributed by atoms with Crippen molar-refractivity contribution in [1.82, 2.24) is 15.3 Å². The first kappa shape index (κ1) is 20.7. The topological polar surface area (TPSA) is 87.3 Å². The number of H-pyrrole nitrogens is 1. The van der Waals surface area contributed by atoms with E-state index < -0.39 is 11.9 Å². The average molecular weight is 418 g/mol. The normalized spacial score (nSPS) is 19.7. The van der Waals surface area contributed by atoms with E-state index in [4.69, 9.17) is 4.74 Å². The molecule has 1 atom stereocenters. The number of likely N-dealkylation sites (N-methyl/N-ethyl adjacent to an activating group) is 1. The van der Waals surface area contributed by atoms with E-state index in [-0.39, 0.29) is 17.9 Å². The number of anilines is 1. The molecule has 1 aliphatic carbocycles. The van der Waals surface area contributed by atoms with Gasteiger partial charge >= 0.3 is 0 Å². The molecule has 2 amide bonds. The molecule has 1 fully saturated rings. The highest BCUT2D eigenvalue weighted by Crippen LogP contribution is 2.52. The molecule has 2 heterocycles. The standard InChI is InChI=1S/C24H26N4O3/c1-4-5-6-9-16(2)24(12-13-24)23-25-14-17(27-23)21(29)26-18-15-31-20-11-8-7-10-19(20)28(3)22(18)30/h4-11,14,18H,2,12-13,15H2,1,3H3,(H,25,27)(H,26,29)/b5-4-,9-6-/t18-/m0/s1. The first-order chi connectivity index (χ1) is 15.0. The molecule has 0 saturated heterocycles. The number of aromatic nitrogens is 2. The molecule has 0 bridgehead atoms. The summed E-state index contributed by atoms with van der Waals surface area (Å²) < 4.78 is 5.76. The molecule has 2 N–H and O–H groups in total. The number of carbonyl (C=O) groups is 2. The van der Waals surface area contributed by atoms with Gasteiger partial charge in [-0.15, -0.1) is 0 Å². The molecule has 0 unspecified atom stereocenters. The van der Waals surface area contributed by atoms with Crippen molar-refractivity contribution in [3.63, 3.8) is 0 Å². The van der Waals surface area contributed by atoms with Gasteiger partial charge in [-0.05, 0) is 37.5 Å². The molecule has 7 heteroatoms. The molecule has 7 nitrogen and oxygen atoms in total. The number of nitrogens with one attached hydrogen (secondary N) is 2. The lowest BCUT2D eigenvalue weighted by Gasteiger charge is -2.20. The van der Waals surface area contributed by atoms with E-state index in [1.54, 1.807) is 13.1 Å². The van der Waals surface area contributed by atoms with Crippen molar-refractivity contribution in [3.8, 4) is 5.75 Å². The lowest BCUT2D eigenvalue weighted by atomic mass is 9.96. The van der Waals surface area contributed by atoms with Crippen molar-refractivity contribution in [1.29, 1.82) is 0 Å². The molecular formula is C24H26N4O3. The summed E-state index contributed by atoms with van der Waals surface area (Å²) >= 11 is 0. The van der Waals surface area contributed by atoms with Crippen molar-refractivity contribution in [2.24, 2.45) is 0 Å². The molecule has 2 aromatic rings. The maximum Gasteiger partial charge on any atom is 0.270 e. The molecule has 4 rings (SSSR count). The third-order valence-electron chi connectivity index (χ3n) is 5.81. The molecule has 160 valence electrons. The first-order valence-corrected chi connectivity index (χ1v) is 10.3. The zero-order valence-electron chi connectivity index (χ0n) is 17.7. The number of benzene rings is 1. The second-order valence-electron chi connectivity index (χ2n) is 7.84. The van der Waals surface area contributed by atoms with Crippen molar-refractivity contribution in [2.75, 3.05) is 18.6 Å². The summed E-state index contributed by atoms with van der Waals surface area (Å²) in [6, 6.07) is 6.50. The molecule has 1 aliphatic heterocycles. The molecule has 1 aromatic heterocycles. The molecular weight excluding hydrogens is 392 g/mol. The Labute approximate surface area is 181 Å². The van der Waals surface area contributed by atoms with Gasteiger partial charge in [0.15, 0.2) is 0 Å². The summed E-state index contributed by atoms with van der Waals surface area (Å²) in [6.07, 6.45) is 11.2. The Hall–Kier alpha value is -3.61. The Balaban J connectivity index is 1.46. The van der Waals surface area contributed by atoms with Gasteiger partial charge in [-0.25, -0.2) is 4.98 Å². The number of para-hydroxylation sites is 2. The number of allylic oxidation sites excluding steroid dienone is 5. The zero-order valence-corrected chi connectivity index (χ0v) is 17.7. The summed E-state index contributed by atoms with van der Waals surface area (Å²) in [5.41, 5.74) is 1.69. The van der Waals surface area contributed by atoms with Gasteiger partial charge in [0.1, 0.15) is 29.9 Å². The SMILES string of the molecule is C=C(/C=C\C=C/C)C1(c2ncc(C(=O)N[C@H]3COc4ccccc4N(C)C3=O)[nH]2)CC1. The highest BCUT2D eigenvalue weighted by molar-refractivity contribution is 6.02. The number of carbonyl (C=O) groups excluding carboxylic acids is 2. The highest BCUT2D eigenvalue weighted by Gasteiger charge is 2.48. The molecule has 0 spiro atoms. The number of aromatic amines is 1. The fraction of sp³-hybridized carbons (Fsp3) is 0.292. The van der Waals surface area contributed by atoms with Crippen LogP contribution in [0.2, 0.25) is 0 Å². The number of fused-ring (bicyclic) bond motifs is 1. The predicted molar refractivity (Wildman–Crippen MR) is 119 cm³/mol. The lowest BCUT2D eigenvalue weighted by Crippen LogP contribution is -2.49. The van der Waals surface area contributed by atoms with E-state index in [0.29, 0.717) is 17.1 Å². The molecule has 1 saturated carbocycles. The molecule has 0 radical (unpaired) electrons. The first-order valence-electron chi connectivity index (χ1n) is 10.3. The maximum absolute atomic E-state index is 12.8. The summed E-state index contributed by atoms with van der Waals surface area (Å²) in [6.45, 7) is 6.20. The molecule has 1 aromatic carbocycles. The minimum Gasteiger partial charge on any atom is -0.489 e. The fourth-order valence-corrected chi connectivity index (χ4v) is 3.75. The van der Waals surface area contributed by atoms with Gasteiger partial charge in [-0.3, -0.25) is 9.59 Å². The fourth-order valence-electron chi connectivity index (χ4n) is 3.75. The van der Waals surface area contributed by atoms with Crippen molar-refractivity contribution in [3.05, 3.63) is 78.4 Å². The maximum atomic E-state index is 12.8. The second-order valence-corrected chi connectivity index (χ2v) is 7.84. The van der Waals surface area contributed by atoms with Gasteiger partial charge in [0, 0.05) is 7.05 Å². The number of ether oxygens (including phenoxy) is 1. The Morgan fingerprint density at radius 1 is 1.35 bits per heavy atom. The molecule has 2 aliphatic rings. The highest BCUT2D eigenvalue weighted by atomic mass is 16.5. The summed E-state index contributed by atoms with van der Waals surface area (Å²) in [7, 11) is 1.67. The lowest BCUT2D eigenvalue weighted by molar-refractivity contribution is -0.120. The average Bonchev–Trinajstić information content (AvgIpc) is 3.46. The second kappa shape index (κ2) is 8.26. The predicted octanol–water partition coefficient (Wildman–Crippen LogP) is 3.28. The van der Waals surface area contributed by atoms with E-state index in [2.05, 4.69) is 21.9 Å². The van der Waals surface area contributed by atoms with Crippen molar-refractivity contribution >= 4 is 17.5 Å². The van der Waals surface area contributed by atoms with Gasteiger partial charge < -0.3 is 19.9 Å². The number of nitrogens with zero attached hydrogens (tertiary/aromatic N) is 2. The van der Waals surface area contributed by atoms with E-state index in [9.17, 15) is 9.59 Å². The van der Waals surface area contributed by atoms with Crippen LogP contribution in [0.25, 0.3) is 0 Å². The minimum absolute atomic E-state index is 0.0589. The van der Waals surface area contributed by atoms with Crippen LogP contribution in [0.4, 0.5) is 5.69 Å². The van der Waals surface area contributed by atoms with Crippen LogP contribution in [0.3, 0.4) is 0 Å².